The molecule has 0 aliphatic rings. The number of hydrogen-bond donors (Lipinski definition) is 1. The lowest BCUT2D eigenvalue weighted by Crippen LogP contribution is -2.03. The molecule has 17 heavy (non-hydrogen) atoms. The maximum absolute atomic E-state index is 12.1. The van der Waals surface area contributed by atoms with E-state index in [9.17, 15) is 4.57 Å². The van der Waals surface area contributed by atoms with Crippen molar-refractivity contribution in [2.45, 2.75) is 20.4 Å². The number of benzene rings is 1. The summed E-state index contributed by atoms with van der Waals surface area (Å²) < 4.78 is 27.4. The number of nitrogens with two attached hydrogens (primary N) is 1. The molecular weight excluding hydrogens is 241 g/mol. The monoisotopic (exact) mass is 259 g/mol. The molecule has 96 valence electrons. The number of phosphoric ester groups is 1. The van der Waals surface area contributed by atoms with Crippen LogP contribution >= 0.6 is 7.82 Å². The Labute approximate surface area is 101 Å². The van der Waals surface area contributed by atoms with Gasteiger partial charge in [0.2, 0.25) is 0 Å². The first-order chi connectivity index (χ1) is 8.13. The predicted molar refractivity (Wildman–Crippen MR) is 65.8 cm³/mol. The van der Waals surface area contributed by atoms with E-state index in [1.165, 1.54) is 0 Å². The standard InChI is InChI=1S/C11H18NO4P/c1-3-14-17(13,15-4-2)16-11-7-5-6-10(8-11)9-12/h5-8H,3-4,9,12H2,1-2H3. The summed E-state index contributed by atoms with van der Waals surface area (Å²) in [4.78, 5) is 0. The molecule has 0 amide bonds. The SMILES string of the molecule is CCOP(=O)(OCC)Oc1cccc(CN)c1. The van der Waals surface area contributed by atoms with Crippen molar-refractivity contribution < 1.29 is 18.1 Å². The lowest BCUT2D eigenvalue weighted by Gasteiger charge is -2.17. The van der Waals surface area contributed by atoms with Crippen LogP contribution in [0.3, 0.4) is 0 Å². The fourth-order valence-electron chi connectivity index (χ4n) is 1.26. The van der Waals surface area contributed by atoms with Gasteiger partial charge in [-0.3, -0.25) is 9.05 Å². The summed E-state index contributed by atoms with van der Waals surface area (Å²) in [5.74, 6) is 0.429. The Morgan fingerprint density at radius 1 is 1.24 bits per heavy atom. The molecule has 0 radical (unpaired) electrons. The summed E-state index contributed by atoms with van der Waals surface area (Å²) in [6.07, 6.45) is 0. The van der Waals surface area contributed by atoms with Crippen LogP contribution in [0.1, 0.15) is 19.4 Å². The molecule has 6 heteroatoms. The van der Waals surface area contributed by atoms with Crippen molar-refractivity contribution in [2.75, 3.05) is 13.2 Å². The first-order valence-corrected chi connectivity index (χ1v) is 6.97. The van der Waals surface area contributed by atoms with Gasteiger partial charge in [-0.25, -0.2) is 4.57 Å². The van der Waals surface area contributed by atoms with Gasteiger partial charge in [0.1, 0.15) is 5.75 Å². The zero-order valence-corrected chi connectivity index (χ0v) is 11.0. The summed E-state index contributed by atoms with van der Waals surface area (Å²) in [5.41, 5.74) is 6.40. The minimum Gasteiger partial charge on any atom is -0.404 e. The summed E-state index contributed by atoms with van der Waals surface area (Å²) >= 11 is 0. The lowest BCUT2D eigenvalue weighted by atomic mass is 10.2. The third-order valence-electron chi connectivity index (χ3n) is 1.93. The van der Waals surface area contributed by atoms with Gasteiger partial charge in [0.25, 0.3) is 0 Å². The number of hydrogen-bond acceptors (Lipinski definition) is 5. The van der Waals surface area contributed by atoms with Crippen LogP contribution in [0, 0.1) is 0 Å². The van der Waals surface area contributed by atoms with Crippen LogP contribution in [0.4, 0.5) is 0 Å². The van der Waals surface area contributed by atoms with Gasteiger partial charge in [-0.1, -0.05) is 12.1 Å². The third-order valence-corrected chi connectivity index (χ3v) is 3.51. The van der Waals surface area contributed by atoms with Gasteiger partial charge in [-0.15, -0.1) is 0 Å². The zero-order chi connectivity index (χ0) is 12.7. The quantitative estimate of drug-likeness (QED) is 0.762. The molecule has 1 aromatic rings. The normalized spacial score (nSPS) is 11.5. The Bertz CT molecular complexity index is 387. The molecule has 1 aromatic carbocycles. The molecule has 1 rings (SSSR count). The van der Waals surface area contributed by atoms with Crippen LogP contribution in [0.2, 0.25) is 0 Å². The van der Waals surface area contributed by atoms with Crippen LogP contribution in [0.5, 0.6) is 5.75 Å². The van der Waals surface area contributed by atoms with Crippen LogP contribution in [-0.2, 0) is 20.2 Å². The van der Waals surface area contributed by atoms with Gasteiger partial charge in [0.15, 0.2) is 0 Å². The molecule has 0 spiro atoms. The maximum Gasteiger partial charge on any atom is 0.530 e. The van der Waals surface area contributed by atoms with Crippen molar-refractivity contribution in [3.63, 3.8) is 0 Å². The van der Waals surface area contributed by atoms with E-state index in [1.807, 2.05) is 6.07 Å². The molecule has 0 unspecified atom stereocenters. The van der Waals surface area contributed by atoms with Gasteiger partial charge < -0.3 is 10.3 Å². The largest absolute Gasteiger partial charge is 0.530 e. The second-order valence-corrected chi connectivity index (χ2v) is 4.82. The molecule has 0 heterocycles. The highest BCUT2D eigenvalue weighted by molar-refractivity contribution is 7.48. The van der Waals surface area contributed by atoms with E-state index in [1.54, 1.807) is 32.0 Å². The molecule has 0 aromatic heterocycles. The van der Waals surface area contributed by atoms with Crippen LogP contribution in [0.15, 0.2) is 24.3 Å². The van der Waals surface area contributed by atoms with Gasteiger partial charge in [-0.05, 0) is 31.5 Å². The fraction of sp³-hybridized carbons (Fsp3) is 0.455. The van der Waals surface area contributed by atoms with Gasteiger partial charge >= 0.3 is 7.82 Å². The Morgan fingerprint density at radius 3 is 2.41 bits per heavy atom. The minimum absolute atomic E-state index is 0.258. The molecule has 0 bridgehead atoms. The van der Waals surface area contributed by atoms with Crippen LogP contribution in [0.25, 0.3) is 0 Å². The van der Waals surface area contributed by atoms with E-state index >= 15 is 0 Å². The average molecular weight is 259 g/mol. The number of rotatable bonds is 7. The van der Waals surface area contributed by atoms with E-state index in [0.29, 0.717) is 12.3 Å². The first kappa shape index (κ1) is 14.2. The topological polar surface area (TPSA) is 70.8 Å². The Morgan fingerprint density at radius 2 is 1.88 bits per heavy atom. The zero-order valence-electron chi connectivity index (χ0n) is 10.1. The average Bonchev–Trinajstić information content (AvgIpc) is 2.29. The molecular formula is C11H18NO4P. The van der Waals surface area contributed by atoms with Crippen molar-refractivity contribution in [3.05, 3.63) is 29.8 Å². The summed E-state index contributed by atoms with van der Waals surface area (Å²) in [7, 11) is -3.51. The number of phosphoric acid groups is 1. The van der Waals surface area contributed by atoms with E-state index in [-0.39, 0.29) is 13.2 Å². The molecule has 0 saturated heterocycles. The molecule has 0 aliphatic heterocycles. The molecule has 0 saturated carbocycles. The lowest BCUT2D eigenvalue weighted by molar-refractivity contribution is 0.167. The van der Waals surface area contributed by atoms with E-state index < -0.39 is 7.82 Å². The molecule has 0 fully saturated rings. The smallest absolute Gasteiger partial charge is 0.404 e. The third kappa shape index (κ3) is 4.48. The van der Waals surface area contributed by atoms with E-state index in [2.05, 4.69) is 0 Å². The molecule has 0 atom stereocenters. The highest BCUT2D eigenvalue weighted by Gasteiger charge is 2.27. The molecule has 2 N–H and O–H groups in total. The fourth-order valence-corrected chi connectivity index (χ4v) is 2.45. The summed E-state index contributed by atoms with van der Waals surface area (Å²) in [6, 6.07) is 7.04. The molecule has 0 aliphatic carbocycles. The summed E-state index contributed by atoms with van der Waals surface area (Å²) in [6.45, 7) is 4.36. The predicted octanol–water partition coefficient (Wildman–Crippen LogP) is 2.71. The van der Waals surface area contributed by atoms with E-state index in [4.69, 9.17) is 19.3 Å². The van der Waals surface area contributed by atoms with E-state index in [0.717, 1.165) is 5.56 Å². The second-order valence-electron chi connectivity index (χ2n) is 3.23. The minimum atomic E-state index is -3.51. The Hall–Kier alpha value is -0.870. The van der Waals surface area contributed by atoms with Crippen molar-refractivity contribution in [1.29, 1.82) is 0 Å². The highest BCUT2D eigenvalue weighted by Crippen LogP contribution is 2.49. The van der Waals surface area contributed by atoms with Crippen molar-refractivity contribution in [2.24, 2.45) is 5.73 Å². The van der Waals surface area contributed by atoms with Gasteiger partial charge in [-0.2, -0.15) is 0 Å². The highest BCUT2D eigenvalue weighted by atomic mass is 31.2. The maximum atomic E-state index is 12.1. The van der Waals surface area contributed by atoms with Gasteiger partial charge in [0.05, 0.1) is 13.2 Å². The van der Waals surface area contributed by atoms with Crippen molar-refractivity contribution in [1.82, 2.24) is 0 Å². The van der Waals surface area contributed by atoms with Crippen LogP contribution in [-0.4, -0.2) is 13.2 Å². The Kier molecular flexibility index (Phi) is 5.65. The van der Waals surface area contributed by atoms with Gasteiger partial charge in [0, 0.05) is 6.54 Å². The second kappa shape index (κ2) is 6.77. The summed E-state index contributed by atoms with van der Waals surface area (Å²) in [5, 5.41) is 0. The van der Waals surface area contributed by atoms with Crippen molar-refractivity contribution in [3.8, 4) is 5.75 Å². The molecule has 5 nitrogen and oxygen atoms in total. The van der Waals surface area contributed by atoms with Crippen LogP contribution < -0.4 is 10.3 Å². The first-order valence-electron chi connectivity index (χ1n) is 5.51. The van der Waals surface area contributed by atoms with Crippen molar-refractivity contribution >= 4 is 7.82 Å². The Balaban J connectivity index is 2.81.